The average Bonchev–Trinajstić information content (AvgIpc) is 3.04. The number of carbonyl (C=O) groups excluding carboxylic acids is 2. The summed E-state index contributed by atoms with van der Waals surface area (Å²) in [5.74, 6) is 1.62. The predicted molar refractivity (Wildman–Crippen MR) is 93.3 cm³/mol. The van der Waals surface area contributed by atoms with Gasteiger partial charge in [0.25, 0.3) is 0 Å². The van der Waals surface area contributed by atoms with Crippen LogP contribution >= 0.6 is 0 Å². The molecule has 1 aromatic rings. The molecule has 6 nitrogen and oxygen atoms in total. The Hall–Kier alpha value is -1.81. The molecule has 2 heterocycles. The van der Waals surface area contributed by atoms with Crippen molar-refractivity contribution in [3.05, 3.63) is 41.3 Å². The molecule has 7 heteroatoms. The Morgan fingerprint density at radius 2 is 2.11 bits per heavy atom. The Kier molecular flexibility index (Phi) is 5.66. The number of benzene rings is 1. The van der Waals surface area contributed by atoms with E-state index in [0.717, 1.165) is 30.9 Å². The second kappa shape index (κ2) is 7.67. The third-order valence-electron chi connectivity index (χ3n) is 5.92. The maximum absolute atomic E-state index is 12.5. The number of Topliss-reactive ketones (excluding diaryl/α,β-unsaturated/α-hetero) is 1. The number of hydrogen-bond acceptors (Lipinski definition) is 6. The maximum atomic E-state index is 12.5. The van der Waals surface area contributed by atoms with Crippen molar-refractivity contribution < 1.29 is 41.7 Å². The van der Waals surface area contributed by atoms with E-state index in [1.54, 1.807) is 13.5 Å². The van der Waals surface area contributed by atoms with Crippen molar-refractivity contribution in [1.29, 1.82) is 0 Å². The van der Waals surface area contributed by atoms with Crippen LogP contribution in [0.15, 0.2) is 23.8 Å². The van der Waals surface area contributed by atoms with Crippen LogP contribution in [0.1, 0.15) is 24.5 Å². The molecule has 2 aliphatic carbocycles. The molecule has 3 atom stereocenters. The van der Waals surface area contributed by atoms with Gasteiger partial charge in [-0.1, -0.05) is 6.07 Å². The first kappa shape index (κ1) is 19.9. The number of likely N-dealkylation sites (tertiary alicyclic amines) is 1. The molecule has 5 rings (SSSR count). The summed E-state index contributed by atoms with van der Waals surface area (Å²) in [4.78, 5) is 23.6. The summed E-state index contributed by atoms with van der Waals surface area (Å²) in [6.07, 6.45) is 6.76. The summed E-state index contributed by atoms with van der Waals surface area (Å²) in [7, 11) is 3.83. The van der Waals surface area contributed by atoms with Gasteiger partial charge in [-0.05, 0) is 49.7 Å². The zero-order valence-corrected chi connectivity index (χ0v) is 16.9. The van der Waals surface area contributed by atoms with Gasteiger partial charge in [0.1, 0.15) is 11.9 Å². The van der Waals surface area contributed by atoms with Crippen molar-refractivity contribution in [2.24, 2.45) is 0 Å². The fourth-order valence-electron chi connectivity index (χ4n) is 4.92. The van der Waals surface area contributed by atoms with Crippen LogP contribution in [-0.2, 0) is 44.1 Å². The number of allylic oxidation sites excluding steroid dienone is 1. The summed E-state index contributed by atoms with van der Waals surface area (Å²) in [5, 5.41) is 0. The predicted octanol–water partition coefficient (Wildman–Crippen LogP) is 1.66. The van der Waals surface area contributed by atoms with Crippen molar-refractivity contribution >= 4 is 12.1 Å². The van der Waals surface area contributed by atoms with Crippen molar-refractivity contribution in [3.8, 4) is 11.5 Å². The quantitative estimate of drug-likeness (QED) is 0.468. The molecule has 0 radical (unpaired) electrons. The van der Waals surface area contributed by atoms with Gasteiger partial charge in [0.05, 0.1) is 7.11 Å². The minimum absolute atomic E-state index is 0.0816. The van der Waals surface area contributed by atoms with E-state index >= 15 is 0 Å². The summed E-state index contributed by atoms with van der Waals surface area (Å²) >= 11 is 1.50. The Labute approximate surface area is 169 Å². The number of carbonyl (C=O) groups is 1. The monoisotopic (exact) mass is 461 g/mol. The first-order valence-electron chi connectivity index (χ1n) is 8.66. The first-order valence-corrected chi connectivity index (χ1v) is 9.30. The van der Waals surface area contributed by atoms with Crippen LogP contribution < -0.4 is 9.47 Å². The standard InChI is InChI=1S/C18H18NO3.C2H3O.O.Pd/c1-19-8-7-18-11-4-5-13(20)17(18)22-16-14(21-2)6-3-10(15(16)18)9-12(11)19;1-2-3;;/h3-6,12,17H,7-9H2,1-2H3;1H3;;/q2*-1;;/t12?,17-,18-;;;/m0.../s1. The molecule has 2 aliphatic heterocycles. The van der Waals surface area contributed by atoms with Crippen LogP contribution in [0.4, 0.5) is 0 Å². The molecular weight excluding hydrogens is 441 g/mol. The number of piperidine rings is 1. The molecule has 0 saturated carbocycles. The molecule has 0 amide bonds. The minimum atomic E-state index is -0.408. The second-order valence-electron chi connectivity index (χ2n) is 6.95. The van der Waals surface area contributed by atoms with Gasteiger partial charge >= 0.3 is 22.6 Å². The van der Waals surface area contributed by atoms with Crippen LogP contribution in [0.3, 0.4) is 0 Å². The zero-order valence-electron chi connectivity index (χ0n) is 15.4. The summed E-state index contributed by atoms with van der Waals surface area (Å²) in [5.41, 5.74) is 3.61. The van der Waals surface area contributed by atoms with Crippen LogP contribution in [0.5, 0.6) is 11.5 Å². The van der Waals surface area contributed by atoms with Gasteiger partial charge in [-0.25, -0.2) is 6.08 Å². The van der Waals surface area contributed by atoms with E-state index in [1.807, 2.05) is 6.07 Å². The normalized spacial score (nSPS) is 28.8. The summed E-state index contributed by atoms with van der Waals surface area (Å²) in [6, 6.07) is 4.49. The molecule has 4 aliphatic rings. The Balaban J connectivity index is 0.000000386. The Bertz CT molecular complexity index is 808. The van der Waals surface area contributed by atoms with Gasteiger partial charge in [0.15, 0.2) is 11.5 Å². The third kappa shape index (κ3) is 2.72. The molecule has 148 valence electrons. The molecule has 1 fully saturated rings. The first-order chi connectivity index (χ1) is 13.1. The molecule has 1 spiro atoms. The van der Waals surface area contributed by atoms with E-state index < -0.39 is 6.10 Å². The van der Waals surface area contributed by atoms with Crippen LogP contribution in [-0.4, -0.2) is 49.8 Å². The van der Waals surface area contributed by atoms with E-state index in [4.69, 9.17) is 17.7 Å². The van der Waals surface area contributed by atoms with E-state index in [0.29, 0.717) is 6.04 Å². The SMILES string of the molecule is COc1ccc2c3c1O[C@H]1C(=O)[CH-]C=C4C(C2)N(C)CC[C@]431.C[C-]=O.[O]=[Pd]. The molecule has 2 bridgehead atoms. The molecule has 0 N–H and O–H groups in total. The number of methoxy groups -OCH3 is 1. The summed E-state index contributed by atoms with van der Waals surface area (Å²) in [6.45, 7) is 2.31. The molecule has 27 heavy (non-hydrogen) atoms. The van der Waals surface area contributed by atoms with Gasteiger partial charge in [0, 0.05) is 5.41 Å². The average molecular weight is 462 g/mol. The van der Waals surface area contributed by atoms with Crippen molar-refractivity contribution in [2.45, 2.75) is 37.3 Å². The Morgan fingerprint density at radius 3 is 2.78 bits per heavy atom. The number of ether oxygens (including phenoxy) is 2. The van der Waals surface area contributed by atoms with Gasteiger partial charge in [-0.2, -0.15) is 18.9 Å². The molecule has 0 aromatic heterocycles. The zero-order chi connectivity index (χ0) is 19.8. The van der Waals surface area contributed by atoms with Gasteiger partial charge in [-0.15, -0.1) is 0 Å². The number of rotatable bonds is 1. The van der Waals surface area contributed by atoms with Gasteiger partial charge in [0.2, 0.25) is 0 Å². The van der Waals surface area contributed by atoms with Crippen LogP contribution in [0.25, 0.3) is 0 Å². The fraction of sp³-hybridized carbons (Fsp3) is 0.450. The number of ketones is 1. The molecular formula is C20H21NO5Pd-2. The fourth-order valence-corrected chi connectivity index (χ4v) is 4.92. The number of nitrogens with zero attached hydrogens (tertiary/aromatic N) is 1. The van der Waals surface area contributed by atoms with Crippen molar-refractivity contribution in [3.63, 3.8) is 0 Å². The third-order valence-corrected chi connectivity index (χ3v) is 5.92. The van der Waals surface area contributed by atoms with Crippen LogP contribution in [0.2, 0.25) is 0 Å². The Morgan fingerprint density at radius 1 is 1.41 bits per heavy atom. The molecule has 1 saturated heterocycles. The van der Waals surface area contributed by atoms with E-state index in [2.05, 4.69) is 24.1 Å². The van der Waals surface area contributed by atoms with Gasteiger partial charge < -0.3 is 24.0 Å². The van der Waals surface area contributed by atoms with E-state index in [9.17, 15) is 4.79 Å². The van der Waals surface area contributed by atoms with Crippen molar-refractivity contribution in [2.75, 3.05) is 20.7 Å². The van der Waals surface area contributed by atoms with Crippen molar-refractivity contribution in [1.82, 2.24) is 4.90 Å². The van der Waals surface area contributed by atoms with E-state index in [1.165, 1.54) is 49.1 Å². The summed E-state index contributed by atoms with van der Waals surface area (Å²) < 4.78 is 19.8. The topological polar surface area (TPSA) is 72.9 Å². The second-order valence-corrected chi connectivity index (χ2v) is 6.95. The van der Waals surface area contributed by atoms with E-state index in [-0.39, 0.29) is 11.2 Å². The van der Waals surface area contributed by atoms with Gasteiger partial charge in [-0.3, -0.25) is 6.29 Å². The number of likely N-dealkylation sites (N-methyl/N-ethyl adjacent to an activating group) is 1. The number of hydrogen-bond donors (Lipinski definition) is 0. The molecule has 1 unspecified atom stereocenters. The molecule has 1 aromatic carbocycles. The van der Waals surface area contributed by atoms with Crippen LogP contribution in [0, 0.1) is 6.42 Å².